The van der Waals surface area contributed by atoms with E-state index in [1.54, 1.807) is 0 Å². The van der Waals surface area contributed by atoms with E-state index in [0.717, 1.165) is 37.2 Å². The maximum atomic E-state index is 12.2. The quantitative estimate of drug-likeness (QED) is 0.925. The summed E-state index contributed by atoms with van der Waals surface area (Å²) < 4.78 is 0. The van der Waals surface area contributed by atoms with Crippen LogP contribution >= 0.6 is 11.3 Å². The summed E-state index contributed by atoms with van der Waals surface area (Å²) in [5, 5.41) is 6.73. The van der Waals surface area contributed by atoms with Crippen molar-refractivity contribution in [2.45, 2.75) is 25.7 Å². The van der Waals surface area contributed by atoms with Crippen molar-refractivity contribution in [1.82, 2.24) is 0 Å². The van der Waals surface area contributed by atoms with Crippen LogP contribution in [0.25, 0.3) is 0 Å². The molecule has 0 bridgehead atoms. The third-order valence-corrected chi connectivity index (χ3v) is 5.00. The van der Waals surface area contributed by atoms with Gasteiger partial charge in [-0.3, -0.25) is 9.59 Å². The van der Waals surface area contributed by atoms with Crippen LogP contribution in [0.4, 0.5) is 11.4 Å². The molecule has 112 valence electrons. The first kappa shape index (κ1) is 13.5. The van der Waals surface area contributed by atoms with E-state index >= 15 is 0 Å². The molecule has 2 aliphatic rings. The van der Waals surface area contributed by atoms with E-state index in [2.05, 4.69) is 5.32 Å². The molecule has 0 aliphatic carbocycles. The third-order valence-electron chi connectivity index (χ3n) is 4.32. The summed E-state index contributed by atoms with van der Waals surface area (Å²) in [4.78, 5) is 26.2. The van der Waals surface area contributed by atoms with Crippen LogP contribution < -0.4 is 10.2 Å². The Balaban J connectivity index is 1.69. The molecule has 1 N–H and O–H groups in total. The lowest BCUT2D eigenvalue weighted by atomic mass is 9.91. The van der Waals surface area contributed by atoms with Crippen molar-refractivity contribution < 1.29 is 9.59 Å². The van der Waals surface area contributed by atoms with Gasteiger partial charge in [-0.15, -0.1) is 0 Å². The van der Waals surface area contributed by atoms with Gasteiger partial charge in [-0.25, -0.2) is 0 Å². The maximum Gasteiger partial charge on any atom is 0.256 e. The number of nitrogens with one attached hydrogen (secondary N) is 1. The SMILES string of the molecule is O=C(Nc1cc2c3c(c1)CCC(=O)N3CCC2)c1ccsc1. The highest BCUT2D eigenvalue weighted by Gasteiger charge is 2.29. The number of amides is 2. The fourth-order valence-electron chi connectivity index (χ4n) is 3.32. The maximum absolute atomic E-state index is 12.2. The lowest BCUT2D eigenvalue weighted by molar-refractivity contribution is -0.119. The van der Waals surface area contributed by atoms with Crippen molar-refractivity contribution in [3.63, 3.8) is 0 Å². The zero-order valence-electron chi connectivity index (χ0n) is 12.1. The lowest BCUT2D eigenvalue weighted by Crippen LogP contribution is -2.39. The average Bonchev–Trinajstić information content (AvgIpc) is 3.05. The van der Waals surface area contributed by atoms with Gasteiger partial charge in [0.15, 0.2) is 0 Å². The summed E-state index contributed by atoms with van der Waals surface area (Å²) in [6.45, 7) is 0.819. The zero-order valence-corrected chi connectivity index (χ0v) is 12.9. The first-order chi connectivity index (χ1) is 10.7. The summed E-state index contributed by atoms with van der Waals surface area (Å²) in [5.74, 6) is 0.150. The Morgan fingerprint density at radius 2 is 2.00 bits per heavy atom. The monoisotopic (exact) mass is 312 g/mol. The molecular formula is C17H16N2O2S. The summed E-state index contributed by atoms with van der Waals surface area (Å²) in [7, 11) is 0. The van der Waals surface area contributed by atoms with Gasteiger partial charge in [0, 0.05) is 24.0 Å². The Kier molecular flexibility index (Phi) is 3.22. The first-order valence-corrected chi connectivity index (χ1v) is 8.46. The summed E-state index contributed by atoms with van der Waals surface area (Å²) >= 11 is 1.51. The van der Waals surface area contributed by atoms with E-state index < -0.39 is 0 Å². The van der Waals surface area contributed by atoms with E-state index in [4.69, 9.17) is 0 Å². The van der Waals surface area contributed by atoms with E-state index in [1.165, 1.54) is 22.5 Å². The number of benzene rings is 1. The molecule has 2 amide bonds. The van der Waals surface area contributed by atoms with Crippen LogP contribution in [0.3, 0.4) is 0 Å². The minimum absolute atomic E-state index is 0.0760. The topological polar surface area (TPSA) is 49.4 Å². The molecule has 4 nitrogen and oxygen atoms in total. The molecule has 2 aromatic rings. The number of nitrogens with zero attached hydrogens (tertiary/aromatic N) is 1. The van der Waals surface area contributed by atoms with E-state index in [-0.39, 0.29) is 11.8 Å². The van der Waals surface area contributed by atoms with Gasteiger partial charge in [-0.1, -0.05) is 0 Å². The fourth-order valence-corrected chi connectivity index (χ4v) is 3.96. The van der Waals surface area contributed by atoms with Gasteiger partial charge in [0.05, 0.1) is 11.3 Å². The standard InChI is InChI=1S/C17H16N2O2S/c20-15-4-3-12-9-14(18-17(21)13-5-7-22-10-13)8-11-2-1-6-19(15)16(11)12/h5,7-10H,1-4,6H2,(H,18,21). The highest BCUT2D eigenvalue weighted by molar-refractivity contribution is 7.08. The molecule has 0 atom stereocenters. The van der Waals surface area contributed by atoms with Crippen molar-refractivity contribution in [1.29, 1.82) is 0 Å². The molecule has 0 spiro atoms. The molecule has 0 saturated carbocycles. The number of hydrogen-bond donors (Lipinski definition) is 1. The van der Waals surface area contributed by atoms with Crippen LogP contribution in [-0.2, 0) is 17.6 Å². The van der Waals surface area contributed by atoms with Gasteiger partial charge < -0.3 is 10.2 Å². The van der Waals surface area contributed by atoms with Crippen LogP contribution in [0.2, 0.25) is 0 Å². The first-order valence-electron chi connectivity index (χ1n) is 7.52. The normalized spacial score (nSPS) is 16.4. The number of thiophene rings is 1. The van der Waals surface area contributed by atoms with Gasteiger partial charge >= 0.3 is 0 Å². The zero-order chi connectivity index (χ0) is 15.1. The highest BCUT2D eigenvalue weighted by Crippen LogP contribution is 2.37. The molecular weight excluding hydrogens is 296 g/mol. The third kappa shape index (κ3) is 2.22. The number of carbonyl (C=O) groups is 2. The van der Waals surface area contributed by atoms with E-state index in [0.29, 0.717) is 12.0 Å². The lowest BCUT2D eigenvalue weighted by Gasteiger charge is -2.35. The predicted octanol–water partition coefficient (Wildman–Crippen LogP) is 3.23. The molecule has 2 aliphatic heterocycles. The molecule has 4 rings (SSSR count). The van der Waals surface area contributed by atoms with Gasteiger partial charge in [-0.05, 0) is 54.0 Å². The number of anilines is 2. The second-order valence-corrected chi connectivity index (χ2v) is 6.54. The molecule has 0 saturated heterocycles. The van der Waals surface area contributed by atoms with Crippen LogP contribution in [0.5, 0.6) is 0 Å². The molecule has 0 fully saturated rings. The molecule has 3 heterocycles. The number of carbonyl (C=O) groups excluding carboxylic acids is 2. The smallest absolute Gasteiger partial charge is 0.256 e. The van der Waals surface area contributed by atoms with Crippen LogP contribution in [0, 0.1) is 0 Å². The molecule has 0 unspecified atom stereocenters. The van der Waals surface area contributed by atoms with Gasteiger partial charge in [0.25, 0.3) is 5.91 Å². The number of hydrogen-bond acceptors (Lipinski definition) is 3. The second-order valence-electron chi connectivity index (χ2n) is 5.76. The van der Waals surface area contributed by atoms with Gasteiger partial charge in [0.1, 0.15) is 0 Å². The second kappa shape index (κ2) is 5.25. The van der Waals surface area contributed by atoms with Crippen LogP contribution in [0.15, 0.2) is 29.0 Å². The molecule has 1 aromatic carbocycles. The predicted molar refractivity (Wildman–Crippen MR) is 87.7 cm³/mol. The number of aryl methyl sites for hydroxylation is 2. The Bertz CT molecular complexity index is 735. The Labute approximate surface area is 132 Å². The Morgan fingerprint density at radius 1 is 1.18 bits per heavy atom. The van der Waals surface area contributed by atoms with Crippen LogP contribution in [0.1, 0.15) is 34.3 Å². The number of rotatable bonds is 2. The largest absolute Gasteiger partial charge is 0.322 e. The minimum atomic E-state index is -0.0760. The van der Waals surface area contributed by atoms with Crippen molar-refractivity contribution >= 4 is 34.5 Å². The van der Waals surface area contributed by atoms with Crippen molar-refractivity contribution in [2.75, 3.05) is 16.8 Å². The summed E-state index contributed by atoms with van der Waals surface area (Å²) in [5.41, 5.74) is 4.97. The minimum Gasteiger partial charge on any atom is -0.322 e. The molecule has 1 aromatic heterocycles. The Hall–Kier alpha value is -2.14. The van der Waals surface area contributed by atoms with Crippen LogP contribution in [-0.4, -0.2) is 18.4 Å². The fraction of sp³-hybridized carbons (Fsp3) is 0.294. The summed E-state index contributed by atoms with van der Waals surface area (Å²) in [6.07, 6.45) is 3.28. The van der Waals surface area contributed by atoms with Gasteiger partial charge in [0.2, 0.25) is 5.91 Å². The molecule has 0 radical (unpaired) electrons. The average molecular weight is 312 g/mol. The molecule has 5 heteroatoms. The van der Waals surface area contributed by atoms with Crippen molar-refractivity contribution in [3.05, 3.63) is 45.6 Å². The summed E-state index contributed by atoms with van der Waals surface area (Å²) in [6, 6.07) is 5.87. The highest BCUT2D eigenvalue weighted by atomic mass is 32.1. The van der Waals surface area contributed by atoms with E-state index in [1.807, 2.05) is 33.9 Å². The molecule has 22 heavy (non-hydrogen) atoms. The van der Waals surface area contributed by atoms with Crippen molar-refractivity contribution in [2.24, 2.45) is 0 Å². The Morgan fingerprint density at radius 3 is 2.77 bits per heavy atom. The van der Waals surface area contributed by atoms with Crippen molar-refractivity contribution in [3.8, 4) is 0 Å². The van der Waals surface area contributed by atoms with E-state index in [9.17, 15) is 9.59 Å². The van der Waals surface area contributed by atoms with Gasteiger partial charge in [-0.2, -0.15) is 11.3 Å².